The van der Waals surface area contributed by atoms with Gasteiger partial charge in [-0.15, -0.1) is 0 Å². The predicted molar refractivity (Wildman–Crippen MR) is 25.2 cm³/mol. The van der Waals surface area contributed by atoms with Crippen molar-refractivity contribution in [3.8, 4) is 6.01 Å². The maximum absolute atomic E-state index is 4.60. The molecule has 0 amide bonds. The van der Waals surface area contributed by atoms with Gasteiger partial charge >= 0.3 is 6.01 Å². The Morgan fingerprint density at radius 1 is 1.75 bits per heavy atom. The molecule has 0 unspecified atom stereocenters. The second-order valence-corrected chi connectivity index (χ2v) is 1.07. The molecule has 8 heavy (non-hydrogen) atoms. The number of ether oxygens (including phenoxy) is 1. The fourth-order valence-electron chi connectivity index (χ4n) is 0.297. The monoisotopic (exact) mass is 110 g/mol. The summed E-state index contributed by atoms with van der Waals surface area (Å²) in [5.74, 6) is 0. The number of nitrogens with zero attached hydrogens (tertiary/aromatic N) is 3. The Labute approximate surface area is 46.5 Å². The van der Waals surface area contributed by atoms with Gasteiger partial charge in [-0.2, -0.15) is 10.1 Å². The van der Waals surface area contributed by atoms with Gasteiger partial charge in [0, 0.05) is 0 Å². The van der Waals surface area contributed by atoms with Gasteiger partial charge < -0.3 is 4.74 Å². The van der Waals surface area contributed by atoms with E-state index in [4.69, 9.17) is 0 Å². The molecule has 0 aromatic carbocycles. The van der Waals surface area contributed by atoms with Gasteiger partial charge in [-0.3, -0.25) is 0 Å². The van der Waals surface area contributed by atoms with E-state index >= 15 is 0 Å². The first-order valence-electron chi connectivity index (χ1n) is 2.03. The molecule has 0 fully saturated rings. The molecule has 0 saturated heterocycles. The van der Waals surface area contributed by atoms with Gasteiger partial charge in [0.15, 0.2) is 0 Å². The minimum atomic E-state index is 0.243. The molecular formula is C4H4N3O. The average Bonchev–Trinajstić information content (AvgIpc) is 1.90. The molecule has 0 aliphatic heterocycles. The number of rotatable bonds is 1. The molecular weight excluding hydrogens is 106 g/mol. The molecule has 4 nitrogen and oxygen atoms in total. The van der Waals surface area contributed by atoms with Crippen LogP contribution in [-0.2, 0) is 0 Å². The molecule has 0 aliphatic rings. The van der Waals surface area contributed by atoms with Crippen molar-refractivity contribution in [1.82, 2.24) is 15.2 Å². The van der Waals surface area contributed by atoms with Gasteiger partial charge in [0.25, 0.3) is 0 Å². The molecule has 41 valence electrons. The summed E-state index contributed by atoms with van der Waals surface area (Å²) < 4.78 is 4.60. The summed E-state index contributed by atoms with van der Waals surface area (Å²) in [6.07, 6.45) is 3.83. The Morgan fingerprint density at radius 3 is 3.00 bits per heavy atom. The van der Waals surface area contributed by atoms with Crippen LogP contribution >= 0.6 is 0 Å². The molecule has 0 saturated carbocycles. The maximum atomic E-state index is 4.60. The van der Waals surface area contributed by atoms with Crippen LogP contribution in [0.1, 0.15) is 0 Å². The van der Waals surface area contributed by atoms with Crippen LogP contribution in [0.25, 0.3) is 0 Å². The van der Waals surface area contributed by atoms with Crippen molar-refractivity contribution >= 4 is 0 Å². The molecule has 1 rings (SSSR count). The topological polar surface area (TPSA) is 47.9 Å². The van der Waals surface area contributed by atoms with E-state index in [-0.39, 0.29) is 6.01 Å². The van der Waals surface area contributed by atoms with Crippen LogP contribution < -0.4 is 4.74 Å². The number of aromatic nitrogens is 3. The normalized spacial score (nSPS) is 8.62. The quantitative estimate of drug-likeness (QED) is 0.497. The van der Waals surface area contributed by atoms with Crippen LogP contribution in [0, 0.1) is 6.20 Å². The maximum Gasteiger partial charge on any atom is 0.336 e. The highest BCUT2D eigenvalue weighted by Gasteiger charge is 1.86. The van der Waals surface area contributed by atoms with E-state index in [0.717, 1.165) is 0 Å². The minimum Gasteiger partial charge on any atom is -0.466 e. The van der Waals surface area contributed by atoms with Crippen LogP contribution in [0.15, 0.2) is 6.20 Å². The highest BCUT2D eigenvalue weighted by Crippen LogP contribution is 1.89. The summed E-state index contributed by atoms with van der Waals surface area (Å²) in [6.45, 7) is 0. The lowest BCUT2D eigenvalue weighted by Crippen LogP contribution is -1.91. The largest absolute Gasteiger partial charge is 0.466 e. The van der Waals surface area contributed by atoms with Crippen molar-refractivity contribution in [2.45, 2.75) is 0 Å². The van der Waals surface area contributed by atoms with E-state index in [1.165, 1.54) is 13.3 Å². The van der Waals surface area contributed by atoms with Gasteiger partial charge in [-0.25, -0.2) is 0 Å². The summed E-state index contributed by atoms with van der Waals surface area (Å²) in [5, 5.41) is 6.95. The van der Waals surface area contributed by atoms with E-state index in [2.05, 4.69) is 26.1 Å². The van der Waals surface area contributed by atoms with E-state index < -0.39 is 0 Å². The third-order valence-electron chi connectivity index (χ3n) is 0.602. The number of hydrogen-bond donors (Lipinski definition) is 0. The Balaban J connectivity index is 2.83. The van der Waals surface area contributed by atoms with Gasteiger partial charge in [-0.05, 0) is 0 Å². The molecule has 0 aliphatic carbocycles. The van der Waals surface area contributed by atoms with Gasteiger partial charge in [0.1, 0.15) is 6.20 Å². The lowest BCUT2D eigenvalue weighted by molar-refractivity contribution is 0.372. The molecule has 1 aromatic rings. The molecule has 1 heterocycles. The SMILES string of the molecule is COc1n[c]cnn1. The predicted octanol–water partition coefficient (Wildman–Crippen LogP) is -0.320. The standard InChI is InChI=1S/C4H4N3O/c1-8-4-5-2-3-6-7-4/h3H,1H3. The minimum absolute atomic E-state index is 0.243. The van der Waals surface area contributed by atoms with E-state index in [1.54, 1.807) is 0 Å². The van der Waals surface area contributed by atoms with E-state index in [1.807, 2.05) is 0 Å². The van der Waals surface area contributed by atoms with Gasteiger partial charge in [-0.1, -0.05) is 5.10 Å². The summed E-state index contributed by atoms with van der Waals surface area (Å²) in [6, 6.07) is 0.243. The first kappa shape index (κ1) is 4.96. The van der Waals surface area contributed by atoms with Crippen molar-refractivity contribution in [2.24, 2.45) is 0 Å². The average molecular weight is 110 g/mol. The van der Waals surface area contributed by atoms with Crippen molar-refractivity contribution < 1.29 is 4.74 Å². The molecule has 1 aromatic heterocycles. The van der Waals surface area contributed by atoms with Crippen LogP contribution in [0.2, 0.25) is 0 Å². The zero-order valence-corrected chi connectivity index (χ0v) is 4.33. The van der Waals surface area contributed by atoms with Crippen molar-refractivity contribution in [2.75, 3.05) is 7.11 Å². The van der Waals surface area contributed by atoms with Crippen molar-refractivity contribution in [1.29, 1.82) is 0 Å². The lowest BCUT2D eigenvalue weighted by Gasteiger charge is -1.89. The van der Waals surface area contributed by atoms with Gasteiger partial charge in [0.2, 0.25) is 0 Å². The van der Waals surface area contributed by atoms with Gasteiger partial charge in [0.05, 0.1) is 13.3 Å². The second-order valence-electron chi connectivity index (χ2n) is 1.07. The molecule has 0 bridgehead atoms. The lowest BCUT2D eigenvalue weighted by atomic mass is 10.9. The molecule has 0 N–H and O–H groups in total. The highest BCUT2D eigenvalue weighted by molar-refractivity contribution is 4.84. The Morgan fingerprint density at radius 2 is 2.62 bits per heavy atom. The zero-order valence-electron chi connectivity index (χ0n) is 4.33. The third-order valence-corrected chi connectivity index (χ3v) is 0.602. The van der Waals surface area contributed by atoms with Crippen molar-refractivity contribution in [3.05, 3.63) is 12.4 Å². The summed E-state index contributed by atoms with van der Waals surface area (Å²) in [5.41, 5.74) is 0. The Bertz CT molecular complexity index is 153. The summed E-state index contributed by atoms with van der Waals surface area (Å²) in [7, 11) is 1.48. The van der Waals surface area contributed by atoms with Crippen LogP contribution in [0.3, 0.4) is 0 Å². The second kappa shape index (κ2) is 2.20. The smallest absolute Gasteiger partial charge is 0.336 e. The van der Waals surface area contributed by atoms with Crippen LogP contribution in [0.4, 0.5) is 0 Å². The molecule has 0 spiro atoms. The Kier molecular flexibility index (Phi) is 1.37. The molecule has 1 radical (unpaired) electrons. The number of hydrogen-bond acceptors (Lipinski definition) is 4. The third kappa shape index (κ3) is 0.900. The van der Waals surface area contributed by atoms with Crippen LogP contribution in [0.5, 0.6) is 6.01 Å². The molecule has 4 heteroatoms. The molecule has 0 atom stereocenters. The fourth-order valence-corrected chi connectivity index (χ4v) is 0.297. The van der Waals surface area contributed by atoms with E-state index in [0.29, 0.717) is 0 Å². The van der Waals surface area contributed by atoms with E-state index in [9.17, 15) is 0 Å². The fraction of sp³-hybridized carbons (Fsp3) is 0.250. The summed E-state index contributed by atoms with van der Waals surface area (Å²) in [4.78, 5) is 3.58. The first-order chi connectivity index (χ1) is 3.93. The van der Waals surface area contributed by atoms with Crippen molar-refractivity contribution in [3.63, 3.8) is 0 Å². The zero-order chi connectivity index (χ0) is 5.82. The Hall–Kier alpha value is -1.19. The summed E-state index contributed by atoms with van der Waals surface area (Å²) >= 11 is 0. The first-order valence-corrected chi connectivity index (χ1v) is 2.03. The highest BCUT2D eigenvalue weighted by atomic mass is 16.5. The van der Waals surface area contributed by atoms with Crippen LogP contribution in [-0.4, -0.2) is 22.3 Å². The number of methoxy groups -OCH3 is 1.